The highest BCUT2D eigenvalue weighted by atomic mass is 32.2. The summed E-state index contributed by atoms with van der Waals surface area (Å²) in [6.45, 7) is 0.590. The first-order chi connectivity index (χ1) is 6.86. The van der Waals surface area contributed by atoms with E-state index in [1.54, 1.807) is 34.8 Å². The maximum Gasteiger partial charge on any atom is 0.238 e. The Morgan fingerprint density at radius 2 is 2.71 bits per heavy atom. The Morgan fingerprint density at radius 1 is 1.79 bits per heavy atom. The number of nitrogens with one attached hydrogen (secondary N) is 2. The Balaban J connectivity index is 1.77. The molecule has 14 heavy (non-hydrogen) atoms. The van der Waals surface area contributed by atoms with Crippen LogP contribution >= 0.6 is 23.1 Å². The Labute approximate surface area is 90.5 Å². The average Bonchev–Trinajstić information content (AvgIpc) is 2.87. The van der Waals surface area contributed by atoms with E-state index in [2.05, 4.69) is 15.6 Å². The average molecular weight is 229 g/mol. The quantitative estimate of drug-likeness (QED) is 0.789. The molecule has 1 aromatic heterocycles. The Hall–Kier alpha value is -0.590. The zero-order valence-electron chi connectivity index (χ0n) is 7.53. The number of aromatic nitrogens is 1. The van der Waals surface area contributed by atoms with Gasteiger partial charge < -0.3 is 5.32 Å². The minimum atomic E-state index is -0.0204. The Bertz CT molecular complexity index is 296. The number of hydrogen-bond acceptors (Lipinski definition) is 5. The van der Waals surface area contributed by atoms with Gasteiger partial charge in [0.2, 0.25) is 5.91 Å². The van der Waals surface area contributed by atoms with Gasteiger partial charge in [0.25, 0.3) is 0 Å². The van der Waals surface area contributed by atoms with Crippen LogP contribution in [0.15, 0.2) is 11.7 Å². The molecule has 2 N–H and O–H groups in total. The topological polar surface area (TPSA) is 54.0 Å². The van der Waals surface area contributed by atoms with Crippen LogP contribution in [0.2, 0.25) is 0 Å². The van der Waals surface area contributed by atoms with Gasteiger partial charge in [-0.05, 0) is 0 Å². The molecule has 1 fully saturated rings. The maximum atomic E-state index is 11.5. The van der Waals surface area contributed by atoms with Crippen LogP contribution < -0.4 is 10.6 Å². The second-order valence-corrected chi connectivity index (χ2v) is 4.96. The number of thioether (sulfide) groups is 1. The summed E-state index contributed by atoms with van der Waals surface area (Å²) in [7, 11) is 0. The van der Waals surface area contributed by atoms with Crippen molar-refractivity contribution in [2.45, 2.75) is 12.6 Å². The van der Waals surface area contributed by atoms with Crippen molar-refractivity contribution < 1.29 is 4.79 Å². The van der Waals surface area contributed by atoms with Gasteiger partial charge in [0, 0.05) is 22.7 Å². The van der Waals surface area contributed by atoms with Crippen molar-refractivity contribution in [1.29, 1.82) is 0 Å². The van der Waals surface area contributed by atoms with Crippen molar-refractivity contribution in [3.63, 3.8) is 0 Å². The van der Waals surface area contributed by atoms with Crippen molar-refractivity contribution in [3.05, 3.63) is 16.6 Å². The van der Waals surface area contributed by atoms with Crippen LogP contribution in [0, 0.1) is 0 Å². The summed E-state index contributed by atoms with van der Waals surface area (Å²) in [4.78, 5) is 16.6. The fourth-order valence-electron chi connectivity index (χ4n) is 1.19. The van der Waals surface area contributed by atoms with E-state index >= 15 is 0 Å². The fraction of sp³-hybridized carbons (Fsp3) is 0.500. The lowest BCUT2D eigenvalue weighted by Crippen LogP contribution is -2.41. The highest BCUT2D eigenvalue weighted by molar-refractivity contribution is 7.99. The molecule has 0 aromatic carbocycles. The second kappa shape index (κ2) is 4.77. The SMILES string of the molecule is O=C(NCc1cncs1)C1CSCN1. The van der Waals surface area contributed by atoms with Crippen molar-refractivity contribution >= 4 is 29.0 Å². The number of amides is 1. The summed E-state index contributed by atoms with van der Waals surface area (Å²) >= 11 is 3.31. The van der Waals surface area contributed by atoms with E-state index in [1.807, 2.05) is 0 Å². The van der Waals surface area contributed by atoms with Crippen molar-refractivity contribution in [1.82, 2.24) is 15.6 Å². The van der Waals surface area contributed by atoms with E-state index < -0.39 is 0 Å². The molecule has 1 atom stereocenters. The molecule has 4 nitrogen and oxygen atoms in total. The molecule has 0 aliphatic carbocycles. The highest BCUT2D eigenvalue weighted by Crippen LogP contribution is 2.10. The minimum Gasteiger partial charge on any atom is -0.350 e. The molecule has 0 saturated carbocycles. The molecule has 1 unspecified atom stereocenters. The smallest absolute Gasteiger partial charge is 0.238 e. The third-order valence-electron chi connectivity index (χ3n) is 1.95. The van der Waals surface area contributed by atoms with Gasteiger partial charge in [-0.15, -0.1) is 23.1 Å². The minimum absolute atomic E-state index is 0.0204. The molecule has 0 radical (unpaired) electrons. The van der Waals surface area contributed by atoms with Gasteiger partial charge in [0.05, 0.1) is 18.1 Å². The van der Waals surface area contributed by atoms with Crippen LogP contribution in [0.25, 0.3) is 0 Å². The molecule has 76 valence electrons. The lowest BCUT2D eigenvalue weighted by molar-refractivity contribution is -0.122. The van der Waals surface area contributed by atoms with Crippen LogP contribution in [0.3, 0.4) is 0 Å². The predicted molar refractivity (Wildman–Crippen MR) is 58.2 cm³/mol. The zero-order valence-corrected chi connectivity index (χ0v) is 9.16. The molecule has 1 saturated heterocycles. The summed E-state index contributed by atoms with van der Waals surface area (Å²) in [5.41, 5.74) is 1.77. The first-order valence-electron chi connectivity index (χ1n) is 4.32. The second-order valence-electron chi connectivity index (χ2n) is 2.96. The maximum absolute atomic E-state index is 11.5. The Kier molecular flexibility index (Phi) is 3.39. The van der Waals surface area contributed by atoms with Gasteiger partial charge in [-0.1, -0.05) is 0 Å². The third-order valence-corrected chi connectivity index (χ3v) is 3.67. The predicted octanol–water partition coefficient (Wildman–Crippen LogP) is 0.422. The van der Waals surface area contributed by atoms with Gasteiger partial charge in [-0.2, -0.15) is 0 Å². The van der Waals surface area contributed by atoms with Crippen LogP contribution in [0.5, 0.6) is 0 Å². The van der Waals surface area contributed by atoms with Crippen LogP contribution in [0.1, 0.15) is 4.88 Å². The first kappa shape index (κ1) is 9.95. The third kappa shape index (κ3) is 2.46. The summed E-state index contributed by atoms with van der Waals surface area (Å²) in [6.07, 6.45) is 1.78. The summed E-state index contributed by atoms with van der Waals surface area (Å²) < 4.78 is 0. The molecule has 2 rings (SSSR count). The van der Waals surface area contributed by atoms with E-state index in [-0.39, 0.29) is 11.9 Å². The first-order valence-corrected chi connectivity index (χ1v) is 6.36. The van der Waals surface area contributed by atoms with Crippen molar-refractivity contribution in [3.8, 4) is 0 Å². The number of nitrogens with zero attached hydrogens (tertiary/aromatic N) is 1. The number of thiazole rings is 1. The number of carbonyl (C=O) groups excluding carboxylic acids is 1. The number of hydrogen-bond donors (Lipinski definition) is 2. The van der Waals surface area contributed by atoms with Gasteiger partial charge >= 0.3 is 0 Å². The molecule has 2 heterocycles. The zero-order chi connectivity index (χ0) is 9.80. The van der Waals surface area contributed by atoms with E-state index in [4.69, 9.17) is 0 Å². The van der Waals surface area contributed by atoms with E-state index in [0.717, 1.165) is 16.5 Å². The molecule has 0 spiro atoms. The van der Waals surface area contributed by atoms with Crippen molar-refractivity contribution in [2.75, 3.05) is 11.6 Å². The van der Waals surface area contributed by atoms with Gasteiger partial charge in [-0.25, -0.2) is 0 Å². The lowest BCUT2D eigenvalue weighted by Gasteiger charge is -2.08. The van der Waals surface area contributed by atoms with E-state index in [0.29, 0.717) is 6.54 Å². The summed E-state index contributed by atoms with van der Waals surface area (Å²) in [5.74, 6) is 1.83. The molecular weight excluding hydrogens is 218 g/mol. The highest BCUT2D eigenvalue weighted by Gasteiger charge is 2.21. The molecule has 0 bridgehead atoms. The standard InChI is InChI=1S/C8H11N3OS2/c12-8(7-3-13-5-11-7)10-2-6-1-9-4-14-6/h1,4,7,11H,2-3,5H2,(H,10,12). The Morgan fingerprint density at radius 3 is 3.36 bits per heavy atom. The molecule has 6 heteroatoms. The molecule has 1 amide bonds. The van der Waals surface area contributed by atoms with Crippen LogP contribution in [0.4, 0.5) is 0 Å². The molecule has 1 aliphatic heterocycles. The van der Waals surface area contributed by atoms with Gasteiger partial charge in [0.15, 0.2) is 0 Å². The number of carbonyl (C=O) groups is 1. The molecular formula is C8H11N3OS2. The lowest BCUT2D eigenvalue weighted by atomic mass is 10.3. The summed E-state index contributed by atoms with van der Waals surface area (Å²) in [6, 6.07) is -0.0204. The fourth-order valence-corrected chi connectivity index (χ4v) is 2.67. The monoisotopic (exact) mass is 229 g/mol. The normalized spacial score (nSPS) is 21.0. The van der Waals surface area contributed by atoms with E-state index in [9.17, 15) is 4.79 Å². The van der Waals surface area contributed by atoms with E-state index in [1.165, 1.54) is 0 Å². The molecule has 1 aromatic rings. The number of rotatable bonds is 3. The molecule has 1 aliphatic rings. The summed E-state index contributed by atoms with van der Waals surface area (Å²) in [5, 5.41) is 6.01. The van der Waals surface area contributed by atoms with Gasteiger partial charge in [0.1, 0.15) is 0 Å². The van der Waals surface area contributed by atoms with Gasteiger partial charge in [-0.3, -0.25) is 15.1 Å². The largest absolute Gasteiger partial charge is 0.350 e. The van der Waals surface area contributed by atoms with Crippen LogP contribution in [-0.2, 0) is 11.3 Å². The van der Waals surface area contributed by atoms with Crippen molar-refractivity contribution in [2.24, 2.45) is 0 Å². The van der Waals surface area contributed by atoms with Crippen LogP contribution in [-0.4, -0.2) is 28.6 Å².